The van der Waals surface area contributed by atoms with Crippen LogP contribution in [0.4, 0.5) is 0 Å². The topological polar surface area (TPSA) is 35.6 Å². The Bertz CT molecular complexity index is 429. The lowest BCUT2D eigenvalue weighted by Gasteiger charge is -2.29. The van der Waals surface area contributed by atoms with Crippen molar-refractivity contribution in [2.24, 2.45) is 0 Å². The van der Waals surface area contributed by atoms with E-state index in [4.69, 9.17) is 0 Å². The predicted molar refractivity (Wildman–Crippen MR) is 84.8 cm³/mol. The van der Waals surface area contributed by atoms with Gasteiger partial charge in [0.1, 0.15) is 0 Å². The molecule has 1 saturated heterocycles. The van der Waals surface area contributed by atoms with Crippen LogP contribution in [0.2, 0.25) is 0 Å². The number of hydrogen-bond acceptors (Lipinski definition) is 3. The van der Waals surface area contributed by atoms with Gasteiger partial charge in [0, 0.05) is 50.8 Å². The minimum absolute atomic E-state index is 0.183. The molecule has 1 N–H and O–H groups in total. The first-order valence-corrected chi connectivity index (χ1v) is 7.86. The maximum atomic E-state index is 12.2. The molecule has 0 aromatic heterocycles. The van der Waals surface area contributed by atoms with Gasteiger partial charge >= 0.3 is 0 Å². The molecule has 1 aliphatic heterocycles. The summed E-state index contributed by atoms with van der Waals surface area (Å²) < 4.78 is 1.04. The van der Waals surface area contributed by atoms with Crippen LogP contribution in [0, 0.1) is 0 Å². The van der Waals surface area contributed by atoms with Gasteiger partial charge in [-0.1, -0.05) is 28.1 Å². The molecule has 110 valence electrons. The van der Waals surface area contributed by atoms with Crippen molar-refractivity contribution in [2.45, 2.75) is 6.42 Å². The molecule has 2 rings (SSSR count). The zero-order valence-electron chi connectivity index (χ0n) is 11.9. The molecule has 1 aromatic rings. The van der Waals surface area contributed by atoms with Gasteiger partial charge in [-0.25, -0.2) is 0 Å². The number of nitrogens with one attached hydrogen (secondary N) is 1. The summed E-state index contributed by atoms with van der Waals surface area (Å²) in [6.07, 6.45) is 0.478. The van der Waals surface area contributed by atoms with Crippen LogP contribution in [0.25, 0.3) is 0 Å². The molecule has 0 saturated carbocycles. The first-order valence-electron chi connectivity index (χ1n) is 7.06. The van der Waals surface area contributed by atoms with E-state index in [1.54, 1.807) is 0 Å². The highest BCUT2D eigenvalue weighted by molar-refractivity contribution is 9.10. The van der Waals surface area contributed by atoms with E-state index in [1.807, 2.05) is 36.2 Å². The van der Waals surface area contributed by atoms with Crippen LogP contribution < -0.4 is 5.32 Å². The van der Waals surface area contributed by atoms with Crippen LogP contribution in [0.15, 0.2) is 28.7 Å². The minimum Gasteiger partial charge on any atom is -0.344 e. The first-order chi connectivity index (χ1) is 9.65. The summed E-state index contributed by atoms with van der Waals surface area (Å²) in [5.41, 5.74) is 1.06. The third-order valence-electron chi connectivity index (χ3n) is 3.66. The molecule has 0 spiro atoms. The molecule has 0 aliphatic carbocycles. The van der Waals surface area contributed by atoms with Gasteiger partial charge in [0.25, 0.3) is 0 Å². The number of rotatable bonds is 5. The summed E-state index contributed by atoms with van der Waals surface area (Å²) in [6, 6.07) is 7.94. The molecule has 1 amide bonds. The van der Waals surface area contributed by atoms with Crippen molar-refractivity contribution < 1.29 is 4.79 Å². The van der Waals surface area contributed by atoms with Crippen LogP contribution in [-0.2, 0) is 11.2 Å². The Balaban J connectivity index is 1.75. The molecular weight excluding hydrogens is 318 g/mol. The summed E-state index contributed by atoms with van der Waals surface area (Å²) in [7, 11) is 1.89. The maximum Gasteiger partial charge on any atom is 0.226 e. The molecule has 1 heterocycles. The molecule has 1 aliphatic rings. The van der Waals surface area contributed by atoms with Crippen molar-refractivity contribution in [1.29, 1.82) is 0 Å². The first kappa shape index (κ1) is 15.5. The monoisotopic (exact) mass is 339 g/mol. The van der Waals surface area contributed by atoms with Gasteiger partial charge in [0.15, 0.2) is 0 Å². The highest BCUT2D eigenvalue weighted by Crippen LogP contribution is 2.11. The van der Waals surface area contributed by atoms with Crippen LogP contribution in [-0.4, -0.2) is 62.0 Å². The van der Waals surface area contributed by atoms with E-state index >= 15 is 0 Å². The van der Waals surface area contributed by atoms with E-state index < -0.39 is 0 Å². The van der Waals surface area contributed by atoms with Gasteiger partial charge in [-0.2, -0.15) is 0 Å². The zero-order chi connectivity index (χ0) is 14.4. The Kier molecular flexibility index (Phi) is 6.01. The van der Waals surface area contributed by atoms with Crippen LogP contribution in [0.5, 0.6) is 0 Å². The second kappa shape index (κ2) is 7.76. The number of amides is 1. The normalized spacial score (nSPS) is 16.1. The summed E-state index contributed by atoms with van der Waals surface area (Å²) in [5, 5.41) is 3.34. The number of likely N-dealkylation sites (N-methyl/N-ethyl adjacent to an activating group) is 1. The Morgan fingerprint density at radius 3 is 2.60 bits per heavy atom. The molecular formula is C15H22BrN3O. The number of carbonyl (C=O) groups excluding carboxylic acids is 1. The van der Waals surface area contributed by atoms with Crippen LogP contribution in [0.1, 0.15) is 5.56 Å². The van der Waals surface area contributed by atoms with Crippen molar-refractivity contribution in [2.75, 3.05) is 46.3 Å². The second-order valence-electron chi connectivity index (χ2n) is 5.21. The standard InChI is InChI=1S/C15H22BrN3O/c1-18(10-11-19-8-6-17-7-9-19)15(20)12-13-2-4-14(16)5-3-13/h2-5,17H,6-12H2,1H3. The highest BCUT2D eigenvalue weighted by atomic mass is 79.9. The lowest BCUT2D eigenvalue weighted by molar-refractivity contribution is -0.129. The summed E-state index contributed by atoms with van der Waals surface area (Å²) in [5.74, 6) is 0.183. The van der Waals surface area contributed by atoms with Crippen molar-refractivity contribution in [3.63, 3.8) is 0 Å². The summed E-state index contributed by atoms with van der Waals surface area (Å²) >= 11 is 3.40. The average Bonchev–Trinajstić information content (AvgIpc) is 2.48. The number of carbonyl (C=O) groups is 1. The van der Waals surface area contributed by atoms with E-state index in [1.165, 1.54) is 0 Å². The largest absolute Gasteiger partial charge is 0.344 e. The van der Waals surface area contributed by atoms with E-state index in [2.05, 4.69) is 26.1 Å². The van der Waals surface area contributed by atoms with E-state index in [0.717, 1.165) is 49.3 Å². The predicted octanol–water partition coefficient (Wildman–Crippen LogP) is 1.36. The minimum atomic E-state index is 0.183. The van der Waals surface area contributed by atoms with Crippen molar-refractivity contribution in [1.82, 2.24) is 15.1 Å². The zero-order valence-corrected chi connectivity index (χ0v) is 13.5. The average molecular weight is 340 g/mol. The van der Waals surface area contributed by atoms with Crippen LogP contribution in [0.3, 0.4) is 0 Å². The van der Waals surface area contributed by atoms with Gasteiger partial charge in [0.05, 0.1) is 6.42 Å². The lowest BCUT2D eigenvalue weighted by atomic mass is 10.1. The molecule has 0 unspecified atom stereocenters. The fraction of sp³-hybridized carbons (Fsp3) is 0.533. The molecule has 4 nitrogen and oxygen atoms in total. The van der Waals surface area contributed by atoms with Crippen molar-refractivity contribution in [3.05, 3.63) is 34.3 Å². The molecule has 0 bridgehead atoms. The fourth-order valence-electron chi connectivity index (χ4n) is 2.26. The molecule has 0 radical (unpaired) electrons. The molecule has 5 heteroatoms. The van der Waals surface area contributed by atoms with Gasteiger partial charge in [-0.15, -0.1) is 0 Å². The van der Waals surface area contributed by atoms with E-state index in [9.17, 15) is 4.79 Å². The second-order valence-corrected chi connectivity index (χ2v) is 6.13. The van der Waals surface area contributed by atoms with Crippen molar-refractivity contribution >= 4 is 21.8 Å². The van der Waals surface area contributed by atoms with E-state index in [-0.39, 0.29) is 5.91 Å². The number of halogens is 1. The number of nitrogens with zero attached hydrogens (tertiary/aromatic N) is 2. The maximum absolute atomic E-state index is 12.2. The molecule has 0 atom stereocenters. The third kappa shape index (κ3) is 4.89. The van der Waals surface area contributed by atoms with Gasteiger partial charge in [-0.05, 0) is 17.7 Å². The van der Waals surface area contributed by atoms with E-state index in [0.29, 0.717) is 6.42 Å². The molecule has 20 heavy (non-hydrogen) atoms. The Hall–Kier alpha value is -0.910. The number of hydrogen-bond donors (Lipinski definition) is 1. The highest BCUT2D eigenvalue weighted by Gasteiger charge is 2.13. The van der Waals surface area contributed by atoms with Crippen molar-refractivity contribution in [3.8, 4) is 0 Å². The third-order valence-corrected chi connectivity index (χ3v) is 4.18. The summed E-state index contributed by atoms with van der Waals surface area (Å²) in [6.45, 7) is 6.02. The Labute approximate surface area is 129 Å². The van der Waals surface area contributed by atoms with Gasteiger partial charge in [0.2, 0.25) is 5.91 Å². The quantitative estimate of drug-likeness (QED) is 0.879. The summed E-state index contributed by atoms with van der Waals surface area (Å²) in [4.78, 5) is 16.4. The Morgan fingerprint density at radius 1 is 1.30 bits per heavy atom. The Morgan fingerprint density at radius 2 is 1.95 bits per heavy atom. The molecule has 1 fully saturated rings. The number of piperazine rings is 1. The smallest absolute Gasteiger partial charge is 0.226 e. The fourth-order valence-corrected chi connectivity index (χ4v) is 2.53. The number of benzene rings is 1. The van der Waals surface area contributed by atoms with Crippen LogP contribution >= 0.6 is 15.9 Å². The lowest BCUT2D eigenvalue weighted by Crippen LogP contribution is -2.46. The molecule has 1 aromatic carbocycles. The van der Waals surface area contributed by atoms with Gasteiger partial charge in [-0.3, -0.25) is 9.69 Å². The SMILES string of the molecule is CN(CCN1CCNCC1)C(=O)Cc1ccc(Br)cc1. The van der Waals surface area contributed by atoms with Gasteiger partial charge < -0.3 is 10.2 Å².